The van der Waals surface area contributed by atoms with E-state index in [1.807, 2.05) is 6.07 Å². The zero-order valence-electron chi connectivity index (χ0n) is 13.5. The van der Waals surface area contributed by atoms with E-state index in [2.05, 4.69) is 10.2 Å². The van der Waals surface area contributed by atoms with E-state index in [0.717, 1.165) is 45.3 Å². The summed E-state index contributed by atoms with van der Waals surface area (Å²) < 4.78 is 18.8. The van der Waals surface area contributed by atoms with Gasteiger partial charge in [-0.1, -0.05) is 0 Å². The second-order valence-corrected chi connectivity index (χ2v) is 6.28. The minimum Gasteiger partial charge on any atom is -0.379 e. The summed E-state index contributed by atoms with van der Waals surface area (Å²) in [5.74, 6) is -0.0769. The molecule has 0 saturated carbocycles. The number of amides is 2. The number of morpholine rings is 1. The van der Waals surface area contributed by atoms with E-state index in [9.17, 15) is 9.18 Å². The van der Waals surface area contributed by atoms with Crippen molar-refractivity contribution in [3.8, 4) is 6.07 Å². The summed E-state index contributed by atoms with van der Waals surface area (Å²) in [7, 11) is 0. The van der Waals surface area contributed by atoms with Crippen molar-refractivity contribution in [1.29, 1.82) is 5.26 Å². The number of likely N-dealkylation sites (tertiary alicyclic amines) is 1. The molecule has 2 saturated heterocycles. The molecular formula is C17H21FN4O2. The first-order chi connectivity index (χ1) is 11.6. The van der Waals surface area contributed by atoms with Crippen LogP contribution in [0, 0.1) is 23.1 Å². The molecule has 0 bridgehead atoms. The number of halogens is 1. The zero-order chi connectivity index (χ0) is 16.9. The van der Waals surface area contributed by atoms with E-state index in [1.54, 1.807) is 4.90 Å². The minimum absolute atomic E-state index is 0.192. The van der Waals surface area contributed by atoms with Crippen LogP contribution < -0.4 is 5.32 Å². The second kappa shape index (κ2) is 7.60. The van der Waals surface area contributed by atoms with Crippen molar-refractivity contribution in [2.24, 2.45) is 5.92 Å². The molecule has 2 aliphatic heterocycles. The highest BCUT2D eigenvalue weighted by Gasteiger charge is 2.28. The summed E-state index contributed by atoms with van der Waals surface area (Å²) >= 11 is 0. The van der Waals surface area contributed by atoms with Gasteiger partial charge in [-0.05, 0) is 30.5 Å². The second-order valence-electron chi connectivity index (χ2n) is 6.28. The van der Waals surface area contributed by atoms with Gasteiger partial charge in [-0.25, -0.2) is 9.18 Å². The molecule has 1 aromatic carbocycles. The molecule has 1 unspecified atom stereocenters. The number of urea groups is 1. The fraction of sp³-hybridized carbons (Fsp3) is 0.529. The van der Waals surface area contributed by atoms with E-state index in [4.69, 9.17) is 10.00 Å². The SMILES string of the molecule is N#Cc1cc(F)cc(NC(=O)N2CCC(CN3CCOCC3)C2)c1. The Labute approximate surface area is 140 Å². The van der Waals surface area contributed by atoms with E-state index in [1.165, 1.54) is 12.1 Å². The van der Waals surface area contributed by atoms with Gasteiger partial charge < -0.3 is 15.0 Å². The standard InChI is InChI=1S/C17H21FN4O2/c18-15-7-14(10-19)8-16(9-15)20-17(23)22-2-1-13(12-22)11-21-3-5-24-6-4-21/h7-9,13H,1-6,11-12H2,(H,20,23). The predicted octanol–water partition coefficient (Wildman–Crippen LogP) is 1.88. The molecule has 0 aliphatic carbocycles. The van der Waals surface area contributed by atoms with Gasteiger partial charge in [0.1, 0.15) is 5.82 Å². The monoisotopic (exact) mass is 332 g/mol. The Morgan fingerprint density at radius 1 is 1.33 bits per heavy atom. The van der Waals surface area contributed by atoms with Gasteiger partial charge in [-0.3, -0.25) is 4.90 Å². The highest BCUT2D eigenvalue weighted by atomic mass is 19.1. The predicted molar refractivity (Wildman–Crippen MR) is 87.1 cm³/mol. The van der Waals surface area contributed by atoms with E-state index >= 15 is 0 Å². The molecule has 7 heteroatoms. The number of carbonyl (C=O) groups is 1. The summed E-state index contributed by atoms with van der Waals surface area (Å²) in [5, 5.41) is 11.6. The third-order valence-electron chi connectivity index (χ3n) is 4.47. The van der Waals surface area contributed by atoms with E-state index < -0.39 is 5.82 Å². The molecule has 128 valence electrons. The average Bonchev–Trinajstić information content (AvgIpc) is 3.04. The minimum atomic E-state index is -0.532. The first-order valence-corrected chi connectivity index (χ1v) is 8.21. The average molecular weight is 332 g/mol. The number of carbonyl (C=O) groups excluding carboxylic acids is 1. The van der Waals surface area contributed by atoms with Crippen molar-refractivity contribution in [2.75, 3.05) is 51.3 Å². The van der Waals surface area contributed by atoms with Gasteiger partial charge >= 0.3 is 6.03 Å². The van der Waals surface area contributed by atoms with Crippen molar-refractivity contribution in [2.45, 2.75) is 6.42 Å². The molecule has 1 aromatic rings. The maximum absolute atomic E-state index is 13.4. The maximum atomic E-state index is 13.4. The Morgan fingerprint density at radius 3 is 2.88 bits per heavy atom. The number of hydrogen-bond acceptors (Lipinski definition) is 4. The fourth-order valence-electron chi connectivity index (χ4n) is 3.24. The van der Waals surface area contributed by atoms with Crippen molar-refractivity contribution < 1.29 is 13.9 Å². The van der Waals surface area contributed by atoms with Crippen LogP contribution in [0.5, 0.6) is 0 Å². The van der Waals surface area contributed by atoms with Crippen LogP contribution in [-0.2, 0) is 4.74 Å². The van der Waals surface area contributed by atoms with Crippen LogP contribution in [0.2, 0.25) is 0 Å². The highest BCUT2D eigenvalue weighted by molar-refractivity contribution is 5.89. The van der Waals surface area contributed by atoms with Crippen LogP contribution in [-0.4, -0.2) is 61.8 Å². The van der Waals surface area contributed by atoms with Crippen LogP contribution in [0.25, 0.3) is 0 Å². The summed E-state index contributed by atoms with van der Waals surface area (Å²) in [6, 6.07) is 5.48. The third kappa shape index (κ3) is 4.22. The number of rotatable bonds is 3. The first kappa shape index (κ1) is 16.7. The molecule has 2 amide bonds. The molecule has 2 heterocycles. The van der Waals surface area contributed by atoms with Crippen LogP contribution in [0.15, 0.2) is 18.2 Å². The zero-order valence-corrected chi connectivity index (χ0v) is 13.5. The highest BCUT2D eigenvalue weighted by Crippen LogP contribution is 2.20. The summed E-state index contributed by atoms with van der Waals surface area (Å²) in [6.45, 7) is 5.82. The smallest absolute Gasteiger partial charge is 0.321 e. The Morgan fingerprint density at radius 2 is 2.12 bits per heavy atom. The van der Waals surface area contributed by atoms with Gasteiger partial charge in [-0.2, -0.15) is 5.26 Å². The normalized spacial score (nSPS) is 21.5. The van der Waals surface area contributed by atoms with Crippen molar-refractivity contribution in [3.05, 3.63) is 29.6 Å². The van der Waals surface area contributed by atoms with Gasteiger partial charge in [0, 0.05) is 38.4 Å². The lowest BCUT2D eigenvalue weighted by molar-refractivity contribution is 0.0314. The van der Waals surface area contributed by atoms with Crippen molar-refractivity contribution >= 4 is 11.7 Å². The Balaban J connectivity index is 1.53. The van der Waals surface area contributed by atoms with Gasteiger partial charge in [0.15, 0.2) is 0 Å². The molecule has 24 heavy (non-hydrogen) atoms. The van der Waals surface area contributed by atoms with E-state index in [-0.39, 0.29) is 11.6 Å². The molecule has 3 rings (SSSR count). The topological polar surface area (TPSA) is 68.6 Å². The lowest BCUT2D eigenvalue weighted by Crippen LogP contribution is -2.40. The molecule has 1 N–H and O–H groups in total. The number of ether oxygens (including phenoxy) is 1. The molecule has 6 nitrogen and oxygen atoms in total. The summed E-state index contributed by atoms with van der Waals surface area (Å²) in [5.41, 5.74) is 0.505. The largest absolute Gasteiger partial charge is 0.379 e. The van der Waals surface area contributed by atoms with Gasteiger partial charge in [0.2, 0.25) is 0 Å². The Hall–Kier alpha value is -2.17. The van der Waals surface area contributed by atoms with Gasteiger partial charge in [0.05, 0.1) is 24.8 Å². The number of nitrogens with one attached hydrogen (secondary N) is 1. The maximum Gasteiger partial charge on any atom is 0.321 e. The first-order valence-electron chi connectivity index (χ1n) is 8.21. The van der Waals surface area contributed by atoms with E-state index in [0.29, 0.717) is 24.7 Å². The Kier molecular flexibility index (Phi) is 5.28. The molecule has 2 aliphatic rings. The van der Waals surface area contributed by atoms with Crippen LogP contribution in [0.4, 0.5) is 14.9 Å². The fourth-order valence-corrected chi connectivity index (χ4v) is 3.24. The third-order valence-corrected chi connectivity index (χ3v) is 4.47. The molecule has 2 fully saturated rings. The van der Waals surface area contributed by atoms with Gasteiger partial charge in [-0.15, -0.1) is 0 Å². The molecule has 0 radical (unpaired) electrons. The molecule has 0 aromatic heterocycles. The lowest BCUT2D eigenvalue weighted by atomic mass is 10.1. The lowest BCUT2D eigenvalue weighted by Gasteiger charge is -2.29. The molecule has 1 atom stereocenters. The number of nitriles is 1. The van der Waals surface area contributed by atoms with Crippen molar-refractivity contribution in [3.63, 3.8) is 0 Å². The van der Waals surface area contributed by atoms with Crippen LogP contribution in [0.1, 0.15) is 12.0 Å². The number of anilines is 1. The van der Waals surface area contributed by atoms with Crippen molar-refractivity contribution in [1.82, 2.24) is 9.80 Å². The molecular weight excluding hydrogens is 311 g/mol. The number of hydrogen-bond donors (Lipinski definition) is 1. The van der Waals surface area contributed by atoms with Gasteiger partial charge in [0.25, 0.3) is 0 Å². The Bertz CT molecular complexity index is 640. The quantitative estimate of drug-likeness (QED) is 0.918. The summed E-state index contributed by atoms with van der Waals surface area (Å²) in [6.07, 6.45) is 0.970. The van der Waals surface area contributed by atoms with Crippen LogP contribution >= 0.6 is 0 Å². The summed E-state index contributed by atoms with van der Waals surface area (Å²) in [4.78, 5) is 16.5. The number of benzene rings is 1. The van der Waals surface area contributed by atoms with Crippen LogP contribution in [0.3, 0.4) is 0 Å². The number of nitrogens with zero attached hydrogens (tertiary/aromatic N) is 3. The molecule has 0 spiro atoms.